The summed E-state index contributed by atoms with van der Waals surface area (Å²) in [5, 5.41) is 0.558. The van der Waals surface area contributed by atoms with Gasteiger partial charge in [-0.2, -0.15) is 0 Å². The highest BCUT2D eigenvalue weighted by molar-refractivity contribution is 5.94. The number of hydrogen-bond acceptors (Lipinski definition) is 3. The molecule has 0 radical (unpaired) electrons. The number of amides is 1. The Morgan fingerprint density at radius 2 is 1.54 bits per heavy atom. The first-order chi connectivity index (χ1) is 16.8. The van der Waals surface area contributed by atoms with Crippen molar-refractivity contribution < 1.29 is 4.79 Å². The number of fused-ring (bicyclic) bond motifs is 1. The summed E-state index contributed by atoms with van der Waals surface area (Å²) in [6.07, 6.45) is 0.622. The van der Waals surface area contributed by atoms with Crippen LogP contribution in [-0.2, 0) is 5.41 Å². The number of carbonyl (C=O) groups excluding carboxylic acids is 1. The third-order valence-corrected chi connectivity index (χ3v) is 6.48. The van der Waals surface area contributed by atoms with Crippen molar-refractivity contribution in [3.8, 4) is 5.69 Å². The minimum atomic E-state index is -0.368. The fourth-order valence-corrected chi connectivity index (χ4v) is 4.53. The number of hydrogen-bond donors (Lipinski definition) is 0. The molecule has 0 saturated carbocycles. The molecule has 1 amide bonds. The van der Waals surface area contributed by atoms with E-state index in [2.05, 4.69) is 20.8 Å². The number of carbonyl (C=O) groups is 1. The molecule has 35 heavy (non-hydrogen) atoms. The number of para-hydroxylation sites is 2. The van der Waals surface area contributed by atoms with Gasteiger partial charge < -0.3 is 4.90 Å². The van der Waals surface area contributed by atoms with Gasteiger partial charge >= 0.3 is 0 Å². The number of benzene rings is 3. The summed E-state index contributed by atoms with van der Waals surface area (Å²) >= 11 is 0. The summed E-state index contributed by atoms with van der Waals surface area (Å²) in [6.45, 7) is 11.0. The van der Waals surface area contributed by atoms with E-state index in [9.17, 15) is 9.59 Å². The standard InChI is InChI=1S/C30H33N3O2/c1-6-26(32(7-2)28(34)21-17-19-22(20-18-21)30(3,4)5)27-31-25-16-12-11-15-24(25)29(35)33(27)23-13-9-8-10-14-23/h8-20,26H,6-7H2,1-5H3. The molecule has 0 bridgehead atoms. The molecular formula is C30H33N3O2. The van der Waals surface area contributed by atoms with Gasteiger partial charge in [0.05, 0.1) is 22.6 Å². The molecule has 0 aliphatic carbocycles. The maximum absolute atomic E-state index is 13.7. The van der Waals surface area contributed by atoms with Crippen molar-refractivity contribution in [3.05, 3.63) is 106 Å². The predicted octanol–water partition coefficient (Wildman–Crippen LogP) is 6.30. The Morgan fingerprint density at radius 1 is 0.914 bits per heavy atom. The smallest absolute Gasteiger partial charge is 0.266 e. The summed E-state index contributed by atoms with van der Waals surface area (Å²) in [4.78, 5) is 34.2. The topological polar surface area (TPSA) is 55.2 Å². The highest BCUT2D eigenvalue weighted by Gasteiger charge is 2.29. The molecule has 1 unspecified atom stereocenters. The Labute approximate surface area is 207 Å². The lowest BCUT2D eigenvalue weighted by atomic mass is 9.86. The zero-order chi connectivity index (χ0) is 25.2. The van der Waals surface area contributed by atoms with E-state index < -0.39 is 0 Å². The van der Waals surface area contributed by atoms with Gasteiger partial charge in [0.25, 0.3) is 11.5 Å². The van der Waals surface area contributed by atoms with Gasteiger partial charge in [-0.05, 0) is 60.7 Å². The van der Waals surface area contributed by atoms with Gasteiger partial charge in [0.15, 0.2) is 0 Å². The molecule has 1 aromatic heterocycles. The number of nitrogens with zero attached hydrogens (tertiary/aromatic N) is 3. The van der Waals surface area contributed by atoms with E-state index in [-0.39, 0.29) is 22.9 Å². The highest BCUT2D eigenvalue weighted by Crippen LogP contribution is 2.28. The Kier molecular flexibility index (Phi) is 6.88. The van der Waals surface area contributed by atoms with Gasteiger partial charge in [0.2, 0.25) is 0 Å². The van der Waals surface area contributed by atoms with Gasteiger partial charge in [-0.1, -0.05) is 70.2 Å². The Balaban J connectivity index is 1.85. The van der Waals surface area contributed by atoms with Crippen LogP contribution in [0.2, 0.25) is 0 Å². The van der Waals surface area contributed by atoms with Crippen molar-refractivity contribution in [1.82, 2.24) is 14.5 Å². The van der Waals surface area contributed by atoms with Crippen LogP contribution in [0.25, 0.3) is 16.6 Å². The largest absolute Gasteiger partial charge is 0.329 e. The Hall–Kier alpha value is -3.73. The second-order valence-electron chi connectivity index (χ2n) is 9.81. The monoisotopic (exact) mass is 467 g/mol. The average Bonchev–Trinajstić information content (AvgIpc) is 2.87. The summed E-state index contributed by atoms with van der Waals surface area (Å²) < 4.78 is 1.66. The molecule has 0 fully saturated rings. The summed E-state index contributed by atoms with van der Waals surface area (Å²) in [6, 6.07) is 24.4. The normalized spacial score (nSPS) is 12.5. The third kappa shape index (κ3) is 4.76. The van der Waals surface area contributed by atoms with E-state index in [0.717, 1.165) is 5.69 Å². The van der Waals surface area contributed by atoms with Crippen LogP contribution in [0.4, 0.5) is 0 Å². The first-order valence-corrected chi connectivity index (χ1v) is 12.2. The second kappa shape index (κ2) is 9.87. The maximum atomic E-state index is 13.7. The van der Waals surface area contributed by atoms with Gasteiger partial charge in [-0.25, -0.2) is 4.98 Å². The van der Waals surface area contributed by atoms with E-state index in [1.54, 1.807) is 10.6 Å². The van der Waals surface area contributed by atoms with Crippen molar-refractivity contribution in [2.75, 3.05) is 6.54 Å². The zero-order valence-electron chi connectivity index (χ0n) is 21.2. The maximum Gasteiger partial charge on any atom is 0.266 e. The van der Waals surface area contributed by atoms with E-state index in [1.807, 2.05) is 91.5 Å². The Bertz CT molecular complexity index is 1380. The van der Waals surface area contributed by atoms with Crippen molar-refractivity contribution in [2.45, 2.75) is 52.5 Å². The van der Waals surface area contributed by atoms with Gasteiger partial charge in [0.1, 0.15) is 5.82 Å². The molecular weight excluding hydrogens is 434 g/mol. The fraction of sp³-hybridized carbons (Fsp3) is 0.300. The van der Waals surface area contributed by atoms with Crippen LogP contribution in [-0.4, -0.2) is 26.9 Å². The minimum Gasteiger partial charge on any atom is -0.329 e. The lowest BCUT2D eigenvalue weighted by Gasteiger charge is -2.31. The van der Waals surface area contributed by atoms with Crippen LogP contribution >= 0.6 is 0 Å². The molecule has 4 aromatic rings. The summed E-state index contributed by atoms with van der Waals surface area (Å²) in [5.74, 6) is 0.505. The summed E-state index contributed by atoms with van der Waals surface area (Å²) in [5.41, 5.74) is 3.07. The van der Waals surface area contributed by atoms with Crippen molar-refractivity contribution in [1.29, 1.82) is 0 Å². The van der Waals surface area contributed by atoms with E-state index in [4.69, 9.17) is 4.98 Å². The van der Waals surface area contributed by atoms with Crippen LogP contribution in [0.3, 0.4) is 0 Å². The molecule has 4 rings (SSSR count). The molecule has 0 spiro atoms. The molecule has 0 aliphatic heterocycles. The molecule has 3 aromatic carbocycles. The molecule has 5 nitrogen and oxygen atoms in total. The lowest BCUT2D eigenvalue weighted by molar-refractivity contribution is 0.0672. The molecule has 5 heteroatoms. The molecule has 0 saturated heterocycles. The van der Waals surface area contributed by atoms with Crippen LogP contribution in [0.15, 0.2) is 83.7 Å². The van der Waals surface area contributed by atoms with Crippen LogP contribution in [0.5, 0.6) is 0 Å². The third-order valence-electron chi connectivity index (χ3n) is 6.48. The fourth-order valence-electron chi connectivity index (χ4n) is 4.53. The van der Waals surface area contributed by atoms with Crippen molar-refractivity contribution in [2.24, 2.45) is 0 Å². The van der Waals surface area contributed by atoms with Crippen molar-refractivity contribution >= 4 is 16.8 Å². The van der Waals surface area contributed by atoms with Crippen LogP contribution in [0.1, 0.15) is 68.8 Å². The molecule has 1 heterocycles. The van der Waals surface area contributed by atoms with Gasteiger partial charge in [0, 0.05) is 12.1 Å². The molecule has 0 aliphatic rings. The predicted molar refractivity (Wildman–Crippen MR) is 142 cm³/mol. The lowest BCUT2D eigenvalue weighted by Crippen LogP contribution is -2.38. The number of aromatic nitrogens is 2. The van der Waals surface area contributed by atoms with Crippen LogP contribution < -0.4 is 5.56 Å². The average molecular weight is 468 g/mol. The van der Waals surface area contributed by atoms with E-state index >= 15 is 0 Å². The van der Waals surface area contributed by atoms with Crippen molar-refractivity contribution in [3.63, 3.8) is 0 Å². The van der Waals surface area contributed by atoms with Gasteiger partial charge in [-0.15, -0.1) is 0 Å². The summed E-state index contributed by atoms with van der Waals surface area (Å²) in [7, 11) is 0. The van der Waals surface area contributed by atoms with Gasteiger partial charge in [-0.3, -0.25) is 14.2 Å². The number of rotatable bonds is 6. The Morgan fingerprint density at radius 3 is 2.14 bits per heavy atom. The first-order valence-electron chi connectivity index (χ1n) is 12.2. The SMILES string of the molecule is CCC(c1nc2ccccc2c(=O)n1-c1ccccc1)N(CC)C(=O)c1ccc(C(C)(C)C)cc1. The zero-order valence-corrected chi connectivity index (χ0v) is 21.2. The van der Waals surface area contributed by atoms with E-state index in [0.29, 0.717) is 35.3 Å². The second-order valence-corrected chi connectivity index (χ2v) is 9.81. The van der Waals surface area contributed by atoms with E-state index in [1.165, 1.54) is 5.56 Å². The minimum absolute atomic E-state index is 0.0126. The van der Waals surface area contributed by atoms with Crippen LogP contribution in [0, 0.1) is 0 Å². The quantitative estimate of drug-likeness (QED) is 0.334. The molecule has 0 N–H and O–H groups in total. The highest BCUT2D eigenvalue weighted by atomic mass is 16.2. The molecule has 180 valence electrons. The first kappa shape index (κ1) is 24.4. The molecule has 1 atom stereocenters.